The average molecular weight is 341 g/mol. The van der Waals surface area contributed by atoms with Crippen molar-refractivity contribution in [2.75, 3.05) is 19.5 Å². The van der Waals surface area contributed by atoms with E-state index in [0.29, 0.717) is 11.5 Å². The minimum Gasteiger partial charge on any atom is -0.493 e. The molecule has 1 unspecified atom stereocenters. The summed E-state index contributed by atoms with van der Waals surface area (Å²) in [6.45, 7) is 3.78. The number of rotatable bonds is 7. The average Bonchev–Trinajstić information content (AvgIpc) is 2.61. The standard InChI is InChI=1S/C19H23N3O3/c1-13-6-5-7-16(10-13)21-14(2)19(23)22-20-12-15-8-9-17(24-3)18(11-15)25-4/h5-12,14,21H,1-4H3,(H,22,23)/b20-12+. The minimum absolute atomic E-state index is 0.224. The van der Waals surface area contributed by atoms with Gasteiger partial charge in [0, 0.05) is 5.69 Å². The molecular weight excluding hydrogens is 318 g/mol. The maximum atomic E-state index is 12.1. The van der Waals surface area contributed by atoms with Crippen LogP contribution in [0.4, 0.5) is 5.69 Å². The number of hydrogen-bond acceptors (Lipinski definition) is 5. The van der Waals surface area contributed by atoms with Crippen molar-refractivity contribution >= 4 is 17.8 Å². The maximum absolute atomic E-state index is 12.1. The van der Waals surface area contributed by atoms with Crippen molar-refractivity contribution in [2.45, 2.75) is 19.9 Å². The number of hydrazone groups is 1. The van der Waals surface area contributed by atoms with Gasteiger partial charge in [0.2, 0.25) is 0 Å². The predicted molar refractivity (Wildman–Crippen MR) is 99.5 cm³/mol. The fourth-order valence-corrected chi connectivity index (χ4v) is 2.25. The summed E-state index contributed by atoms with van der Waals surface area (Å²) in [4.78, 5) is 12.1. The highest BCUT2D eigenvalue weighted by Crippen LogP contribution is 2.26. The van der Waals surface area contributed by atoms with Gasteiger partial charge in [-0.05, 0) is 55.3 Å². The van der Waals surface area contributed by atoms with Gasteiger partial charge < -0.3 is 14.8 Å². The maximum Gasteiger partial charge on any atom is 0.262 e. The van der Waals surface area contributed by atoms with E-state index in [1.54, 1.807) is 39.5 Å². The number of amides is 1. The van der Waals surface area contributed by atoms with Crippen LogP contribution in [0.2, 0.25) is 0 Å². The Kier molecular flexibility index (Phi) is 6.39. The van der Waals surface area contributed by atoms with Crippen LogP contribution >= 0.6 is 0 Å². The molecular formula is C19H23N3O3. The third-order valence-corrected chi connectivity index (χ3v) is 3.59. The Morgan fingerprint density at radius 3 is 2.56 bits per heavy atom. The van der Waals surface area contributed by atoms with Crippen molar-refractivity contribution in [3.05, 3.63) is 53.6 Å². The number of carbonyl (C=O) groups is 1. The van der Waals surface area contributed by atoms with Gasteiger partial charge in [-0.1, -0.05) is 12.1 Å². The molecule has 0 saturated heterocycles. The van der Waals surface area contributed by atoms with Gasteiger partial charge in [-0.3, -0.25) is 4.79 Å². The number of benzene rings is 2. The lowest BCUT2D eigenvalue weighted by Crippen LogP contribution is -2.34. The zero-order valence-corrected chi connectivity index (χ0v) is 14.9. The third kappa shape index (κ3) is 5.24. The molecule has 2 aromatic carbocycles. The van der Waals surface area contributed by atoms with Gasteiger partial charge in [-0.15, -0.1) is 0 Å². The molecule has 0 radical (unpaired) electrons. The summed E-state index contributed by atoms with van der Waals surface area (Å²) in [6, 6.07) is 12.8. The Morgan fingerprint density at radius 1 is 1.12 bits per heavy atom. The van der Waals surface area contributed by atoms with Crippen LogP contribution in [0.5, 0.6) is 11.5 Å². The molecule has 0 aliphatic rings. The molecule has 6 nitrogen and oxygen atoms in total. The molecule has 2 N–H and O–H groups in total. The van der Waals surface area contributed by atoms with Crippen LogP contribution < -0.4 is 20.2 Å². The lowest BCUT2D eigenvalue weighted by molar-refractivity contribution is -0.121. The van der Waals surface area contributed by atoms with Crippen LogP contribution in [0, 0.1) is 6.92 Å². The second-order valence-corrected chi connectivity index (χ2v) is 5.58. The Hall–Kier alpha value is -3.02. The van der Waals surface area contributed by atoms with Crippen LogP contribution in [-0.2, 0) is 4.79 Å². The fraction of sp³-hybridized carbons (Fsp3) is 0.263. The quantitative estimate of drug-likeness (QED) is 0.600. The molecule has 0 spiro atoms. The molecule has 0 aliphatic heterocycles. The van der Waals surface area contributed by atoms with E-state index in [2.05, 4.69) is 15.8 Å². The van der Waals surface area contributed by atoms with Crippen molar-refractivity contribution in [1.82, 2.24) is 5.43 Å². The first-order valence-electron chi connectivity index (χ1n) is 7.91. The van der Waals surface area contributed by atoms with E-state index in [9.17, 15) is 4.79 Å². The lowest BCUT2D eigenvalue weighted by Gasteiger charge is -2.13. The van der Waals surface area contributed by atoms with Crippen molar-refractivity contribution in [1.29, 1.82) is 0 Å². The zero-order valence-electron chi connectivity index (χ0n) is 14.9. The second kappa shape index (κ2) is 8.73. The normalized spacial score (nSPS) is 11.8. The molecule has 0 fully saturated rings. The first-order chi connectivity index (χ1) is 12.0. The number of nitrogens with one attached hydrogen (secondary N) is 2. The Bertz CT molecular complexity index is 759. The Balaban J connectivity index is 1.93. The highest BCUT2D eigenvalue weighted by molar-refractivity contribution is 5.86. The molecule has 2 aromatic rings. The van der Waals surface area contributed by atoms with Gasteiger partial charge in [0.05, 0.1) is 20.4 Å². The topological polar surface area (TPSA) is 72.0 Å². The summed E-state index contributed by atoms with van der Waals surface area (Å²) < 4.78 is 10.4. The predicted octanol–water partition coefficient (Wildman–Crippen LogP) is 2.96. The highest BCUT2D eigenvalue weighted by atomic mass is 16.5. The summed E-state index contributed by atoms with van der Waals surface area (Å²) in [5, 5.41) is 7.13. The zero-order chi connectivity index (χ0) is 18.2. The number of nitrogens with zero attached hydrogens (tertiary/aromatic N) is 1. The van der Waals surface area contributed by atoms with Gasteiger partial charge in [0.15, 0.2) is 11.5 Å². The van der Waals surface area contributed by atoms with E-state index in [-0.39, 0.29) is 5.91 Å². The molecule has 0 heterocycles. The largest absolute Gasteiger partial charge is 0.493 e. The molecule has 1 atom stereocenters. The number of hydrogen-bond donors (Lipinski definition) is 2. The number of aryl methyl sites for hydroxylation is 1. The molecule has 1 amide bonds. The first-order valence-corrected chi connectivity index (χ1v) is 7.91. The number of carbonyl (C=O) groups excluding carboxylic acids is 1. The van der Waals surface area contributed by atoms with Gasteiger partial charge >= 0.3 is 0 Å². The number of anilines is 1. The summed E-state index contributed by atoms with van der Waals surface area (Å²) >= 11 is 0. The van der Waals surface area contributed by atoms with Gasteiger partial charge in [-0.25, -0.2) is 5.43 Å². The SMILES string of the molecule is COc1ccc(/C=N/NC(=O)C(C)Nc2cccc(C)c2)cc1OC. The Morgan fingerprint density at radius 2 is 1.88 bits per heavy atom. The van der Waals surface area contributed by atoms with E-state index >= 15 is 0 Å². The molecule has 0 aliphatic carbocycles. The monoisotopic (exact) mass is 341 g/mol. The van der Waals surface area contributed by atoms with Gasteiger partial charge in [0.25, 0.3) is 5.91 Å². The van der Waals surface area contributed by atoms with Crippen molar-refractivity contribution in [3.63, 3.8) is 0 Å². The summed E-state index contributed by atoms with van der Waals surface area (Å²) in [6.07, 6.45) is 1.55. The molecule has 0 aromatic heterocycles. The van der Waals surface area contributed by atoms with E-state index in [1.165, 1.54) is 0 Å². The van der Waals surface area contributed by atoms with E-state index in [4.69, 9.17) is 9.47 Å². The van der Waals surface area contributed by atoms with Gasteiger partial charge in [0.1, 0.15) is 6.04 Å². The van der Waals surface area contributed by atoms with E-state index in [0.717, 1.165) is 16.8 Å². The van der Waals surface area contributed by atoms with Crippen molar-refractivity contribution in [2.24, 2.45) is 5.10 Å². The van der Waals surface area contributed by atoms with E-state index in [1.807, 2.05) is 37.3 Å². The molecule has 25 heavy (non-hydrogen) atoms. The summed E-state index contributed by atoms with van der Waals surface area (Å²) in [7, 11) is 3.15. The Labute approximate surface area is 147 Å². The first kappa shape index (κ1) is 18.3. The smallest absolute Gasteiger partial charge is 0.262 e. The highest BCUT2D eigenvalue weighted by Gasteiger charge is 2.11. The minimum atomic E-state index is -0.413. The summed E-state index contributed by atoms with van der Waals surface area (Å²) in [5.74, 6) is 1.02. The number of methoxy groups -OCH3 is 2. The number of ether oxygens (including phenoxy) is 2. The van der Waals surface area contributed by atoms with Crippen LogP contribution in [0.1, 0.15) is 18.1 Å². The molecule has 6 heteroatoms. The lowest BCUT2D eigenvalue weighted by atomic mass is 10.2. The van der Waals surface area contributed by atoms with Crippen molar-refractivity contribution < 1.29 is 14.3 Å². The molecule has 0 saturated carbocycles. The van der Waals surface area contributed by atoms with Crippen molar-refractivity contribution in [3.8, 4) is 11.5 Å². The molecule has 0 bridgehead atoms. The molecule has 2 rings (SSSR count). The second-order valence-electron chi connectivity index (χ2n) is 5.58. The van der Waals surface area contributed by atoms with Crippen LogP contribution in [0.3, 0.4) is 0 Å². The van der Waals surface area contributed by atoms with Crippen LogP contribution in [0.15, 0.2) is 47.6 Å². The third-order valence-electron chi connectivity index (χ3n) is 3.59. The van der Waals surface area contributed by atoms with Crippen LogP contribution in [0.25, 0.3) is 0 Å². The van der Waals surface area contributed by atoms with E-state index < -0.39 is 6.04 Å². The molecule has 132 valence electrons. The van der Waals surface area contributed by atoms with Gasteiger partial charge in [-0.2, -0.15) is 5.10 Å². The fourth-order valence-electron chi connectivity index (χ4n) is 2.25. The van der Waals surface area contributed by atoms with Crippen LogP contribution in [-0.4, -0.2) is 32.4 Å². The summed E-state index contributed by atoms with van der Waals surface area (Å²) in [5.41, 5.74) is 5.34.